The van der Waals surface area contributed by atoms with Crippen LogP contribution in [-0.4, -0.2) is 34.2 Å². The molecule has 1 unspecified atom stereocenters. The van der Waals surface area contributed by atoms with Gasteiger partial charge >= 0.3 is 0 Å². The molecule has 2 aliphatic rings. The Labute approximate surface area is 97.2 Å². The first kappa shape index (κ1) is 10.3. The summed E-state index contributed by atoms with van der Waals surface area (Å²) in [6.07, 6.45) is 8.54. The van der Waals surface area contributed by atoms with Crippen LogP contribution in [0.2, 0.25) is 0 Å². The lowest BCUT2D eigenvalue weighted by molar-refractivity contribution is 0.0850. The van der Waals surface area contributed by atoms with Gasteiger partial charge in [-0.1, -0.05) is 6.92 Å². The minimum atomic E-state index is 0.791. The van der Waals surface area contributed by atoms with Crippen molar-refractivity contribution >= 4 is 0 Å². The van der Waals surface area contributed by atoms with Gasteiger partial charge in [0.1, 0.15) is 0 Å². The van der Waals surface area contributed by atoms with E-state index in [1.807, 2.05) is 6.20 Å². The van der Waals surface area contributed by atoms with Crippen molar-refractivity contribution in [3.05, 3.63) is 17.5 Å². The van der Waals surface area contributed by atoms with Gasteiger partial charge in [-0.15, -0.1) is 0 Å². The molecule has 0 amide bonds. The predicted molar refractivity (Wildman–Crippen MR) is 64.4 cm³/mol. The lowest BCUT2D eigenvalue weighted by Crippen LogP contribution is -2.49. The number of nitrogens with one attached hydrogen (secondary N) is 1. The van der Waals surface area contributed by atoms with Gasteiger partial charge in [0.05, 0.1) is 6.20 Å². The Morgan fingerprint density at radius 2 is 2.44 bits per heavy atom. The first-order valence-electron chi connectivity index (χ1n) is 6.63. The van der Waals surface area contributed by atoms with Gasteiger partial charge in [0.2, 0.25) is 0 Å². The Morgan fingerprint density at radius 3 is 3.31 bits per heavy atom. The van der Waals surface area contributed by atoms with Crippen LogP contribution in [0.4, 0.5) is 0 Å². The Bertz CT molecular complexity index is 356. The lowest BCUT2D eigenvalue weighted by atomic mass is 9.77. The van der Waals surface area contributed by atoms with Crippen molar-refractivity contribution in [3.63, 3.8) is 0 Å². The molecule has 1 N–H and O–H groups in total. The molecule has 88 valence electrons. The molecule has 0 spiro atoms. The van der Waals surface area contributed by atoms with E-state index in [1.165, 1.54) is 56.5 Å². The number of rotatable bonds is 2. The molecule has 1 fully saturated rings. The first-order chi connectivity index (χ1) is 7.88. The third-order valence-electron chi connectivity index (χ3n) is 4.25. The Balaban J connectivity index is 1.81. The lowest BCUT2D eigenvalue weighted by Gasteiger charge is -2.43. The Kier molecular flexibility index (Phi) is 2.72. The fourth-order valence-electron chi connectivity index (χ4n) is 3.49. The number of likely N-dealkylation sites (tertiary alicyclic amines) is 1. The molecule has 0 bridgehead atoms. The number of fused-ring (bicyclic) bond motifs is 2. The van der Waals surface area contributed by atoms with Crippen LogP contribution in [0, 0.1) is 5.92 Å². The van der Waals surface area contributed by atoms with Crippen LogP contribution in [-0.2, 0) is 12.8 Å². The van der Waals surface area contributed by atoms with Crippen molar-refractivity contribution in [1.29, 1.82) is 0 Å². The van der Waals surface area contributed by atoms with Gasteiger partial charge in [0.25, 0.3) is 0 Å². The molecule has 3 nitrogen and oxygen atoms in total. The number of nitrogens with zero attached hydrogens (tertiary/aromatic N) is 2. The number of H-pyrrole nitrogens is 1. The summed E-state index contributed by atoms with van der Waals surface area (Å²) in [5, 5.41) is 7.36. The molecule has 1 aromatic rings. The maximum Gasteiger partial charge on any atom is 0.0522 e. The molecule has 1 aliphatic carbocycles. The Morgan fingerprint density at radius 1 is 1.50 bits per heavy atom. The van der Waals surface area contributed by atoms with Gasteiger partial charge in [-0.05, 0) is 56.7 Å². The maximum atomic E-state index is 4.19. The highest BCUT2D eigenvalue weighted by Crippen LogP contribution is 2.34. The van der Waals surface area contributed by atoms with E-state index in [0.29, 0.717) is 0 Å². The van der Waals surface area contributed by atoms with Crippen LogP contribution in [0.1, 0.15) is 37.4 Å². The molecule has 1 aromatic heterocycles. The first-order valence-corrected chi connectivity index (χ1v) is 6.63. The quantitative estimate of drug-likeness (QED) is 0.825. The summed E-state index contributed by atoms with van der Waals surface area (Å²) in [5.74, 6) is 0.869. The highest BCUT2D eigenvalue weighted by atomic mass is 15.2. The normalized spacial score (nSPS) is 29.8. The van der Waals surface area contributed by atoms with E-state index in [2.05, 4.69) is 22.0 Å². The van der Waals surface area contributed by atoms with E-state index in [9.17, 15) is 0 Å². The van der Waals surface area contributed by atoms with Crippen molar-refractivity contribution in [2.75, 3.05) is 13.1 Å². The van der Waals surface area contributed by atoms with Crippen molar-refractivity contribution in [3.8, 4) is 0 Å². The third-order valence-corrected chi connectivity index (χ3v) is 4.25. The van der Waals surface area contributed by atoms with Crippen molar-refractivity contribution in [2.45, 2.75) is 45.1 Å². The maximum absolute atomic E-state index is 4.19. The predicted octanol–water partition coefficient (Wildman–Crippen LogP) is 2.00. The largest absolute Gasteiger partial charge is 0.300 e. The van der Waals surface area contributed by atoms with Crippen LogP contribution in [0.25, 0.3) is 0 Å². The van der Waals surface area contributed by atoms with Gasteiger partial charge in [0.15, 0.2) is 0 Å². The van der Waals surface area contributed by atoms with Crippen LogP contribution in [0.3, 0.4) is 0 Å². The summed E-state index contributed by atoms with van der Waals surface area (Å²) < 4.78 is 0. The van der Waals surface area contributed by atoms with Crippen LogP contribution in [0.5, 0.6) is 0 Å². The second-order valence-corrected chi connectivity index (χ2v) is 5.29. The minimum Gasteiger partial charge on any atom is -0.300 e. The zero-order valence-electron chi connectivity index (χ0n) is 10.1. The standard InChI is InChI=1S/C13H21N3/c1-2-5-16-6-3-4-10-7-12-11(8-13(10)16)9-14-15-12/h9-10,13H,2-8H2,1H3,(H,14,15)/t10?,13-/m1/s1. The van der Waals surface area contributed by atoms with Gasteiger partial charge < -0.3 is 0 Å². The number of hydrogen-bond donors (Lipinski definition) is 1. The zero-order chi connectivity index (χ0) is 11.0. The van der Waals surface area contributed by atoms with Crippen LogP contribution >= 0.6 is 0 Å². The van der Waals surface area contributed by atoms with Crippen molar-refractivity contribution in [2.24, 2.45) is 5.92 Å². The fraction of sp³-hybridized carbons (Fsp3) is 0.769. The number of hydrogen-bond acceptors (Lipinski definition) is 2. The molecular formula is C13H21N3. The fourth-order valence-corrected chi connectivity index (χ4v) is 3.49. The monoisotopic (exact) mass is 219 g/mol. The third kappa shape index (κ3) is 1.67. The SMILES string of the molecule is CCCN1CCCC2Cc3[nH]ncc3C[C@H]21. The van der Waals surface area contributed by atoms with E-state index in [1.54, 1.807) is 0 Å². The van der Waals surface area contributed by atoms with Gasteiger partial charge in [-0.2, -0.15) is 5.10 Å². The molecule has 0 saturated carbocycles. The van der Waals surface area contributed by atoms with Crippen LogP contribution < -0.4 is 0 Å². The summed E-state index contributed by atoms with van der Waals surface area (Å²) in [7, 11) is 0. The molecule has 1 saturated heterocycles. The molecular weight excluding hydrogens is 198 g/mol. The molecule has 3 rings (SSSR count). The summed E-state index contributed by atoms with van der Waals surface area (Å²) in [6, 6.07) is 0.791. The number of aromatic nitrogens is 2. The molecule has 0 radical (unpaired) electrons. The average molecular weight is 219 g/mol. The van der Waals surface area contributed by atoms with Crippen molar-refractivity contribution < 1.29 is 0 Å². The van der Waals surface area contributed by atoms with E-state index < -0.39 is 0 Å². The molecule has 1 aliphatic heterocycles. The Hall–Kier alpha value is -0.830. The van der Waals surface area contributed by atoms with Gasteiger partial charge in [-0.3, -0.25) is 10.00 Å². The molecule has 0 aromatic carbocycles. The average Bonchev–Trinajstić information content (AvgIpc) is 2.74. The highest BCUT2D eigenvalue weighted by molar-refractivity contribution is 5.23. The minimum absolute atomic E-state index is 0.791. The highest BCUT2D eigenvalue weighted by Gasteiger charge is 2.35. The summed E-state index contributed by atoms with van der Waals surface area (Å²) in [6.45, 7) is 4.87. The van der Waals surface area contributed by atoms with E-state index in [0.717, 1.165) is 12.0 Å². The zero-order valence-corrected chi connectivity index (χ0v) is 10.1. The number of aromatic amines is 1. The van der Waals surface area contributed by atoms with Crippen molar-refractivity contribution in [1.82, 2.24) is 15.1 Å². The second-order valence-electron chi connectivity index (χ2n) is 5.29. The van der Waals surface area contributed by atoms with Crippen LogP contribution in [0.15, 0.2) is 6.20 Å². The molecule has 16 heavy (non-hydrogen) atoms. The number of piperidine rings is 1. The smallest absolute Gasteiger partial charge is 0.0522 e. The summed E-state index contributed by atoms with van der Waals surface area (Å²) in [5.41, 5.74) is 2.86. The van der Waals surface area contributed by atoms with Gasteiger partial charge in [0, 0.05) is 11.7 Å². The van der Waals surface area contributed by atoms with E-state index in [-0.39, 0.29) is 0 Å². The second kappa shape index (κ2) is 4.21. The summed E-state index contributed by atoms with van der Waals surface area (Å²) >= 11 is 0. The molecule has 2 atom stereocenters. The molecule has 2 heterocycles. The van der Waals surface area contributed by atoms with E-state index in [4.69, 9.17) is 0 Å². The van der Waals surface area contributed by atoms with E-state index >= 15 is 0 Å². The summed E-state index contributed by atoms with van der Waals surface area (Å²) in [4.78, 5) is 2.71. The topological polar surface area (TPSA) is 31.9 Å². The van der Waals surface area contributed by atoms with Gasteiger partial charge in [-0.25, -0.2) is 0 Å². The molecule has 3 heteroatoms.